The summed E-state index contributed by atoms with van der Waals surface area (Å²) in [5.41, 5.74) is 0. The van der Waals surface area contributed by atoms with Crippen molar-refractivity contribution in [3.63, 3.8) is 0 Å². The van der Waals surface area contributed by atoms with Gasteiger partial charge in [-0.15, -0.1) is 11.3 Å². The summed E-state index contributed by atoms with van der Waals surface area (Å²) in [4.78, 5) is 14.5. The first-order valence-corrected chi connectivity index (χ1v) is 11.2. The number of benzene rings is 1. The maximum Gasteiger partial charge on any atom is 0.275 e. The van der Waals surface area contributed by atoms with Crippen LogP contribution in [0.5, 0.6) is 0 Å². The SMILES string of the molecule is O=C(C[NH+]1CCN(S(=O)(=O)c2ccc(F)cc2)CC1)NCCc1cccs1. The molecular formula is C18H23FN3O3S2+. The van der Waals surface area contributed by atoms with E-state index in [1.807, 2.05) is 17.5 Å². The molecule has 0 bridgehead atoms. The number of amides is 1. The molecule has 0 saturated carbocycles. The number of sulfonamides is 1. The fourth-order valence-electron chi connectivity index (χ4n) is 3.04. The van der Waals surface area contributed by atoms with Crippen molar-refractivity contribution in [3.8, 4) is 0 Å². The van der Waals surface area contributed by atoms with E-state index in [0.29, 0.717) is 39.3 Å². The van der Waals surface area contributed by atoms with Crippen LogP contribution < -0.4 is 10.2 Å². The molecule has 1 amide bonds. The molecule has 0 radical (unpaired) electrons. The van der Waals surface area contributed by atoms with Crippen LogP contribution in [0.2, 0.25) is 0 Å². The van der Waals surface area contributed by atoms with Crippen molar-refractivity contribution in [2.24, 2.45) is 0 Å². The summed E-state index contributed by atoms with van der Waals surface area (Å²) < 4.78 is 39.6. The predicted octanol–water partition coefficient (Wildman–Crippen LogP) is 0.135. The second-order valence-electron chi connectivity index (χ2n) is 6.46. The number of hydrogen-bond acceptors (Lipinski definition) is 4. The maximum atomic E-state index is 13.0. The normalized spacial score (nSPS) is 16.3. The molecule has 9 heteroatoms. The fourth-order valence-corrected chi connectivity index (χ4v) is 5.20. The standard InChI is InChI=1S/C18H22FN3O3S2/c19-15-3-5-17(6-4-15)27(24,25)22-11-9-21(10-12-22)14-18(23)20-8-7-16-2-1-13-26-16/h1-6,13H,7-12,14H2,(H,20,23)/p+1. The van der Waals surface area contributed by atoms with Crippen LogP contribution in [0.1, 0.15) is 4.88 Å². The molecule has 1 saturated heterocycles. The van der Waals surface area contributed by atoms with Crippen LogP contribution in [0.4, 0.5) is 4.39 Å². The number of thiophene rings is 1. The Labute approximate surface area is 162 Å². The highest BCUT2D eigenvalue weighted by atomic mass is 32.2. The second-order valence-corrected chi connectivity index (χ2v) is 9.43. The number of quaternary nitrogens is 1. The zero-order chi connectivity index (χ0) is 19.3. The Kier molecular flexibility index (Phi) is 6.59. The van der Waals surface area contributed by atoms with E-state index in [0.717, 1.165) is 23.5 Å². The van der Waals surface area contributed by atoms with E-state index in [-0.39, 0.29) is 10.8 Å². The van der Waals surface area contributed by atoms with Gasteiger partial charge in [0, 0.05) is 11.4 Å². The predicted molar refractivity (Wildman–Crippen MR) is 102 cm³/mol. The molecule has 2 N–H and O–H groups in total. The number of nitrogens with zero attached hydrogens (tertiary/aromatic N) is 1. The third kappa shape index (κ3) is 5.35. The molecule has 1 aliphatic heterocycles. The quantitative estimate of drug-likeness (QED) is 0.680. The summed E-state index contributed by atoms with van der Waals surface area (Å²) in [6, 6.07) is 8.90. The molecule has 1 aromatic carbocycles. The number of hydrogen-bond donors (Lipinski definition) is 2. The van der Waals surface area contributed by atoms with Gasteiger partial charge in [-0.3, -0.25) is 4.79 Å². The second kappa shape index (κ2) is 8.92. The number of carbonyl (C=O) groups is 1. The van der Waals surface area contributed by atoms with Crippen molar-refractivity contribution < 1.29 is 22.5 Å². The number of halogens is 1. The van der Waals surface area contributed by atoms with Gasteiger partial charge in [0.1, 0.15) is 5.82 Å². The lowest BCUT2D eigenvalue weighted by molar-refractivity contribution is -0.895. The minimum atomic E-state index is -3.62. The van der Waals surface area contributed by atoms with Crippen molar-refractivity contribution in [1.29, 1.82) is 0 Å². The minimum absolute atomic E-state index is 0.0172. The van der Waals surface area contributed by atoms with Gasteiger partial charge in [0.15, 0.2) is 6.54 Å². The Morgan fingerprint density at radius 2 is 1.89 bits per heavy atom. The highest BCUT2D eigenvalue weighted by molar-refractivity contribution is 7.89. The number of rotatable bonds is 7. The van der Waals surface area contributed by atoms with Gasteiger partial charge in [-0.25, -0.2) is 12.8 Å². The first-order chi connectivity index (χ1) is 12.9. The van der Waals surface area contributed by atoms with E-state index >= 15 is 0 Å². The van der Waals surface area contributed by atoms with Crippen LogP contribution >= 0.6 is 11.3 Å². The van der Waals surface area contributed by atoms with Gasteiger partial charge in [0.05, 0.1) is 31.1 Å². The smallest absolute Gasteiger partial charge is 0.275 e. The summed E-state index contributed by atoms with van der Waals surface area (Å²) in [6.45, 7) is 2.78. The van der Waals surface area contributed by atoms with Crippen LogP contribution in [-0.2, 0) is 21.2 Å². The third-order valence-corrected chi connectivity index (χ3v) is 7.41. The summed E-state index contributed by atoms with van der Waals surface area (Å²) >= 11 is 1.67. The summed E-state index contributed by atoms with van der Waals surface area (Å²) in [6.07, 6.45) is 0.822. The zero-order valence-electron chi connectivity index (χ0n) is 14.9. The summed E-state index contributed by atoms with van der Waals surface area (Å²) in [5, 5.41) is 4.94. The van der Waals surface area contributed by atoms with Gasteiger partial charge in [-0.05, 0) is 42.1 Å². The molecule has 6 nitrogen and oxygen atoms in total. The molecule has 146 valence electrons. The number of nitrogens with one attached hydrogen (secondary N) is 2. The van der Waals surface area contributed by atoms with E-state index < -0.39 is 15.8 Å². The van der Waals surface area contributed by atoms with Crippen LogP contribution in [0, 0.1) is 5.82 Å². The Morgan fingerprint density at radius 1 is 1.19 bits per heavy atom. The molecule has 2 aromatic rings. The van der Waals surface area contributed by atoms with Crippen molar-refractivity contribution in [2.45, 2.75) is 11.3 Å². The van der Waals surface area contributed by atoms with Gasteiger partial charge in [-0.1, -0.05) is 6.07 Å². The lowest BCUT2D eigenvalue weighted by atomic mass is 10.3. The van der Waals surface area contributed by atoms with Crippen molar-refractivity contribution in [2.75, 3.05) is 39.3 Å². The zero-order valence-corrected chi connectivity index (χ0v) is 16.5. The third-order valence-electron chi connectivity index (χ3n) is 4.57. The summed E-state index contributed by atoms with van der Waals surface area (Å²) in [5.74, 6) is -0.482. The molecule has 0 unspecified atom stereocenters. The van der Waals surface area contributed by atoms with Crippen LogP contribution in [-0.4, -0.2) is 57.9 Å². The molecule has 0 atom stereocenters. The Bertz CT molecular complexity index is 846. The topological polar surface area (TPSA) is 70.9 Å². The average molecular weight is 413 g/mol. The first-order valence-electron chi connectivity index (χ1n) is 8.83. The van der Waals surface area contributed by atoms with E-state index in [4.69, 9.17) is 0 Å². The Morgan fingerprint density at radius 3 is 2.52 bits per heavy atom. The van der Waals surface area contributed by atoms with Gasteiger partial charge in [0.2, 0.25) is 10.0 Å². The maximum absolute atomic E-state index is 13.0. The van der Waals surface area contributed by atoms with Crippen molar-refractivity contribution in [3.05, 3.63) is 52.5 Å². The molecular weight excluding hydrogens is 389 g/mol. The van der Waals surface area contributed by atoms with Crippen molar-refractivity contribution >= 4 is 27.3 Å². The van der Waals surface area contributed by atoms with Gasteiger partial charge in [0.25, 0.3) is 5.91 Å². The van der Waals surface area contributed by atoms with E-state index in [2.05, 4.69) is 5.32 Å². The molecule has 0 aliphatic carbocycles. The number of carbonyl (C=O) groups excluding carboxylic acids is 1. The number of piperazine rings is 1. The highest BCUT2D eigenvalue weighted by Gasteiger charge is 2.31. The monoisotopic (exact) mass is 412 g/mol. The van der Waals surface area contributed by atoms with Crippen molar-refractivity contribution in [1.82, 2.24) is 9.62 Å². The first kappa shape index (κ1) is 19.9. The summed E-state index contributed by atoms with van der Waals surface area (Å²) in [7, 11) is -3.62. The Hall–Kier alpha value is -1.81. The molecule has 1 fully saturated rings. The average Bonchev–Trinajstić information content (AvgIpc) is 3.16. The molecule has 1 aromatic heterocycles. The Balaban J connectivity index is 1.44. The van der Waals surface area contributed by atoms with Crippen LogP contribution in [0.25, 0.3) is 0 Å². The highest BCUT2D eigenvalue weighted by Crippen LogP contribution is 2.16. The minimum Gasteiger partial charge on any atom is -0.351 e. The lowest BCUT2D eigenvalue weighted by Crippen LogP contribution is -3.15. The molecule has 1 aliphatic rings. The van der Waals surface area contributed by atoms with Gasteiger partial charge < -0.3 is 10.2 Å². The lowest BCUT2D eigenvalue weighted by Gasteiger charge is -2.31. The largest absolute Gasteiger partial charge is 0.351 e. The molecule has 0 spiro atoms. The molecule has 2 heterocycles. The molecule has 27 heavy (non-hydrogen) atoms. The van der Waals surface area contributed by atoms with Gasteiger partial charge >= 0.3 is 0 Å². The fraction of sp³-hybridized carbons (Fsp3) is 0.389. The van der Waals surface area contributed by atoms with Crippen LogP contribution in [0.3, 0.4) is 0 Å². The van der Waals surface area contributed by atoms with E-state index in [1.165, 1.54) is 21.3 Å². The van der Waals surface area contributed by atoms with E-state index in [1.54, 1.807) is 11.3 Å². The van der Waals surface area contributed by atoms with E-state index in [9.17, 15) is 17.6 Å². The van der Waals surface area contributed by atoms with Crippen LogP contribution in [0.15, 0.2) is 46.7 Å². The van der Waals surface area contributed by atoms with Gasteiger partial charge in [-0.2, -0.15) is 4.31 Å². The molecule has 3 rings (SSSR count).